The van der Waals surface area contributed by atoms with Gasteiger partial charge < -0.3 is 5.32 Å². The fraction of sp³-hybridized carbons (Fsp3) is 0.350. The summed E-state index contributed by atoms with van der Waals surface area (Å²) in [6, 6.07) is 11.5. The van der Waals surface area contributed by atoms with Gasteiger partial charge in [0.1, 0.15) is 11.2 Å². The fourth-order valence-corrected chi connectivity index (χ4v) is 3.78. The Balaban J connectivity index is 1.96. The summed E-state index contributed by atoms with van der Waals surface area (Å²) in [5, 5.41) is 4.65. The van der Waals surface area contributed by atoms with Crippen LogP contribution in [0.2, 0.25) is 0 Å². The number of nitrogens with one attached hydrogen (secondary N) is 1. The minimum atomic E-state index is -0.443. The Labute approximate surface area is 161 Å². The molecule has 1 unspecified atom stereocenters. The van der Waals surface area contributed by atoms with Crippen molar-refractivity contribution in [2.75, 3.05) is 0 Å². The van der Waals surface area contributed by atoms with Gasteiger partial charge in [0.05, 0.1) is 5.52 Å². The lowest BCUT2D eigenvalue weighted by Crippen LogP contribution is -2.43. The maximum Gasteiger partial charge on any atom is 0.332 e. The van der Waals surface area contributed by atoms with Crippen molar-refractivity contribution in [1.29, 1.82) is 0 Å². The second-order valence-corrected chi connectivity index (χ2v) is 7.49. The predicted molar refractivity (Wildman–Crippen MR) is 108 cm³/mol. The predicted octanol–water partition coefficient (Wildman–Crippen LogP) is 2.38. The van der Waals surface area contributed by atoms with Gasteiger partial charge in [0, 0.05) is 12.6 Å². The molecule has 27 heavy (non-hydrogen) atoms. The zero-order valence-corrected chi connectivity index (χ0v) is 16.3. The minimum absolute atomic E-state index is 0.0372. The highest BCUT2D eigenvalue weighted by Gasteiger charge is 2.17. The molecule has 0 aliphatic rings. The Morgan fingerprint density at radius 3 is 2.59 bits per heavy atom. The molecule has 0 aliphatic heterocycles. The van der Waals surface area contributed by atoms with E-state index in [9.17, 15) is 14.4 Å². The topological polar surface area (TPSA) is 73.1 Å². The van der Waals surface area contributed by atoms with Gasteiger partial charge in [-0.2, -0.15) is 0 Å². The third-order valence-corrected chi connectivity index (χ3v) is 5.52. The number of aromatic nitrogens is 2. The molecule has 1 amide bonds. The molecule has 2 heterocycles. The molecular formula is C20H23N3O3S. The van der Waals surface area contributed by atoms with Gasteiger partial charge in [-0.05, 0) is 36.8 Å². The van der Waals surface area contributed by atoms with Crippen LogP contribution in [0.1, 0.15) is 25.8 Å². The lowest BCUT2D eigenvalue weighted by Gasteiger charge is -2.14. The number of amides is 1. The number of hydrogen-bond acceptors (Lipinski definition) is 4. The Bertz CT molecular complexity index is 1050. The van der Waals surface area contributed by atoms with Crippen LogP contribution in [0.25, 0.3) is 10.2 Å². The van der Waals surface area contributed by atoms with E-state index in [1.54, 1.807) is 11.4 Å². The number of thiophene rings is 1. The van der Waals surface area contributed by atoms with E-state index in [2.05, 4.69) is 5.32 Å². The highest BCUT2D eigenvalue weighted by molar-refractivity contribution is 7.17. The number of hydrogen-bond donors (Lipinski definition) is 1. The first-order chi connectivity index (χ1) is 13.0. The highest BCUT2D eigenvalue weighted by atomic mass is 32.1. The number of benzene rings is 1. The zero-order valence-electron chi connectivity index (χ0n) is 15.5. The largest absolute Gasteiger partial charge is 0.352 e. The van der Waals surface area contributed by atoms with E-state index in [0.717, 1.165) is 12.0 Å². The summed E-state index contributed by atoms with van der Waals surface area (Å²) in [4.78, 5) is 38.0. The molecule has 142 valence electrons. The molecule has 2 aromatic heterocycles. The van der Waals surface area contributed by atoms with Gasteiger partial charge in [-0.1, -0.05) is 37.3 Å². The fourth-order valence-electron chi connectivity index (χ4n) is 2.93. The van der Waals surface area contributed by atoms with Gasteiger partial charge in [-0.25, -0.2) is 4.79 Å². The SMILES string of the molecule is CCC(C)NC(=O)Cn1c(=O)n(CCc2ccccc2)c(=O)c2sccc21. The highest BCUT2D eigenvalue weighted by Crippen LogP contribution is 2.15. The van der Waals surface area contributed by atoms with Crippen LogP contribution in [0, 0.1) is 0 Å². The summed E-state index contributed by atoms with van der Waals surface area (Å²) in [5.74, 6) is -0.229. The number of rotatable bonds is 7. The van der Waals surface area contributed by atoms with Crippen LogP contribution in [0.3, 0.4) is 0 Å². The Hall–Kier alpha value is -2.67. The van der Waals surface area contributed by atoms with Gasteiger partial charge in [0.2, 0.25) is 5.91 Å². The molecule has 0 saturated carbocycles. The van der Waals surface area contributed by atoms with Crippen LogP contribution in [-0.4, -0.2) is 21.1 Å². The number of carbonyl (C=O) groups is 1. The third kappa shape index (κ3) is 4.19. The molecule has 0 fully saturated rings. The monoisotopic (exact) mass is 385 g/mol. The van der Waals surface area contributed by atoms with Gasteiger partial charge in [-0.15, -0.1) is 11.3 Å². The summed E-state index contributed by atoms with van der Waals surface area (Å²) >= 11 is 1.29. The normalized spacial score (nSPS) is 12.2. The smallest absolute Gasteiger partial charge is 0.332 e. The molecule has 0 bridgehead atoms. The molecular weight excluding hydrogens is 362 g/mol. The van der Waals surface area contributed by atoms with Crippen molar-refractivity contribution < 1.29 is 4.79 Å². The first-order valence-corrected chi connectivity index (χ1v) is 9.93. The van der Waals surface area contributed by atoms with Crippen LogP contribution in [0.5, 0.6) is 0 Å². The molecule has 0 spiro atoms. The first-order valence-electron chi connectivity index (χ1n) is 9.05. The molecule has 3 rings (SSSR count). The van der Waals surface area contributed by atoms with Crippen LogP contribution in [0.15, 0.2) is 51.4 Å². The van der Waals surface area contributed by atoms with E-state index < -0.39 is 5.69 Å². The van der Waals surface area contributed by atoms with E-state index in [0.29, 0.717) is 16.6 Å². The Morgan fingerprint density at radius 1 is 1.15 bits per heavy atom. The molecule has 0 radical (unpaired) electrons. The zero-order chi connectivity index (χ0) is 19.4. The second-order valence-electron chi connectivity index (χ2n) is 6.57. The average Bonchev–Trinajstić information content (AvgIpc) is 3.15. The van der Waals surface area contributed by atoms with Crippen LogP contribution >= 0.6 is 11.3 Å². The van der Waals surface area contributed by atoms with Crippen molar-refractivity contribution >= 4 is 27.5 Å². The van der Waals surface area contributed by atoms with E-state index in [1.807, 2.05) is 44.2 Å². The molecule has 6 nitrogen and oxygen atoms in total. The number of aryl methyl sites for hydroxylation is 1. The van der Waals surface area contributed by atoms with Gasteiger partial charge in [0.25, 0.3) is 5.56 Å². The number of carbonyl (C=O) groups excluding carboxylic acids is 1. The standard InChI is InChI=1S/C20H23N3O3S/c1-3-14(2)21-17(24)13-23-16-10-12-27-18(16)19(25)22(20(23)26)11-9-15-7-5-4-6-8-15/h4-8,10,12,14H,3,9,11,13H2,1-2H3,(H,21,24). The molecule has 1 atom stereocenters. The lowest BCUT2D eigenvalue weighted by atomic mass is 10.1. The minimum Gasteiger partial charge on any atom is -0.352 e. The van der Waals surface area contributed by atoms with Crippen LogP contribution in [-0.2, 0) is 24.3 Å². The molecule has 0 saturated heterocycles. The lowest BCUT2D eigenvalue weighted by molar-refractivity contribution is -0.122. The first kappa shape index (κ1) is 19.1. The summed E-state index contributed by atoms with van der Waals surface area (Å²) in [6.07, 6.45) is 1.39. The maximum atomic E-state index is 13.0. The van der Waals surface area contributed by atoms with E-state index in [1.165, 1.54) is 20.5 Å². The van der Waals surface area contributed by atoms with Crippen molar-refractivity contribution in [3.63, 3.8) is 0 Å². The molecule has 1 aromatic carbocycles. The van der Waals surface area contributed by atoms with Crippen molar-refractivity contribution in [3.05, 3.63) is 68.2 Å². The van der Waals surface area contributed by atoms with Crippen molar-refractivity contribution in [2.45, 2.75) is 45.8 Å². The summed E-state index contributed by atoms with van der Waals surface area (Å²) in [7, 11) is 0. The number of fused-ring (bicyclic) bond motifs is 1. The molecule has 7 heteroatoms. The van der Waals surface area contributed by atoms with Crippen molar-refractivity contribution in [3.8, 4) is 0 Å². The summed E-state index contributed by atoms with van der Waals surface area (Å²) in [6.45, 7) is 4.09. The van der Waals surface area contributed by atoms with Crippen molar-refractivity contribution in [2.24, 2.45) is 0 Å². The second kappa shape index (κ2) is 8.35. The van der Waals surface area contributed by atoms with Crippen molar-refractivity contribution in [1.82, 2.24) is 14.5 Å². The number of nitrogens with zero attached hydrogens (tertiary/aromatic N) is 2. The third-order valence-electron chi connectivity index (χ3n) is 4.62. The quantitative estimate of drug-likeness (QED) is 0.679. The van der Waals surface area contributed by atoms with Gasteiger partial charge in [-0.3, -0.25) is 18.7 Å². The van der Waals surface area contributed by atoms with E-state index >= 15 is 0 Å². The Morgan fingerprint density at radius 2 is 1.89 bits per heavy atom. The van der Waals surface area contributed by atoms with Gasteiger partial charge in [0.15, 0.2) is 0 Å². The average molecular weight is 385 g/mol. The van der Waals surface area contributed by atoms with Gasteiger partial charge >= 0.3 is 5.69 Å². The molecule has 0 aliphatic carbocycles. The van der Waals surface area contributed by atoms with E-state index in [-0.39, 0.29) is 30.6 Å². The van der Waals surface area contributed by atoms with Crippen LogP contribution in [0.4, 0.5) is 0 Å². The molecule has 3 aromatic rings. The summed E-state index contributed by atoms with van der Waals surface area (Å²) in [5.41, 5.74) is 0.835. The summed E-state index contributed by atoms with van der Waals surface area (Å²) < 4.78 is 3.14. The van der Waals surface area contributed by atoms with Crippen LogP contribution < -0.4 is 16.6 Å². The maximum absolute atomic E-state index is 13.0. The Kier molecular flexibility index (Phi) is 5.91. The molecule has 1 N–H and O–H groups in total. The van der Waals surface area contributed by atoms with E-state index in [4.69, 9.17) is 0 Å².